The van der Waals surface area contributed by atoms with Crippen molar-refractivity contribution in [3.63, 3.8) is 0 Å². The van der Waals surface area contributed by atoms with E-state index in [1.54, 1.807) is 36.7 Å². The van der Waals surface area contributed by atoms with Crippen molar-refractivity contribution in [3.05, 3.63) is 101 Å². The molecule has 1 atom stereocenters. The summed E-state index contributed by atoms with van der Waals surface area (Å²) < 4.78 is 17.1. The van der Waals surface area contributed by atoms with Crippen LogP contribution in [0, 0.1) is 19.7 Å². The molecule has 6 nitrogen and oxygen atoms in total. The van der Waals surface area contributed by atoms with Crippen molar-refractivity contribution in [3.8, 4) is 5.69 Å². The highest BCUT2D eigenvalue weighted by Gasteiger charge is 2.21. The van der Waals surface area contributed by atoms with Crippen LogP contribution < -0.4 is 5.32 Å². The molecule has 0 fully saturated rings. The monoisotopic (exact) mass is 403 g/mol. The number of nitrogens with zero attached hydrogens (tertiary/aromatic N) is 4. The van der Waals surface area contributed by atoms with Gasteiger partial charge in [-0.1, -0.05) is 12.1 Å². The summed E-state index contributed by atoms with van der Waals surface area (Å²) in [5, 5.41) is 7.49. The number of hydrogen-bond acceptors (Lipinski definition) is 3. The van der Waals surface area contributed by atoms with Gasteiger partial charge < -0.3 is 9.88 Å². The Morgan fingerprint density at radius 3 is 2.33 bits per heavy atom. The summed E-state index contributed by atoms with van der Waals surface area (Å²) in [5.74, 6) is 0.0878. The first kappa shape index (κ1) is 19.6. The highest BCUT2D eigenvalue weighted by atomic mass is 19.1. The zero-order valence-electron chi connectivity index (χ0n) is 17.0. The number of imidazole rings is 1. The number of amides is 1. The van der Waals surface area contributed by atoms with Crippen molar-refractivity contribution in [2.24, 2.45) is 7.05 Å². The van der Waals surface area contributed by atoms with E-state index >= 15 is 0 Å². The number of benzene rings is 2. The first-order valence-corrected chi connectivity index (χ1v) is 9.59. The first-order valence-electron chi connectivity index (χ1n) is 9.59. The number of nitrogens with one attached hydrogen (secondary N) is 1. The van der Waals surface area contributed by atoms with Gasteiger partial charge in [0.05, 0.1) is 11.4 Å². The van der Waals surface area contributed by atoms with Crippen LogP contribution in [0.2, 0.25) is 0 Å². The highest BCUT2D eigenvalue weighted by Crippen LogP contribution is 2.22. The number of hydrogen-bond donors (Lipinski definition) is 1. The van der Waals surface area contributed by atoms with Crippen LogP contribution in [0.4, 0.5) is 4.39 Å². The summed E-state index contributed by atoms with van der Waals surface area (Å²) in [7, 11) is 1.86. The topological polar surface area (TPSA) is 64.7 Å². The zero-order chi connectivity index (χ0) is 21.3. The van der Waals surface area contributed by atoms with Gasteiger partial charge in [0.1, 0.15) is 17.7 Å². The fourth-order valence-corrected chi connectivity index (χ4v) is 3.47. The summed E-state index contributed by atoms with van der Waals surface area (Å²) in [5.41, 5.74) is 4.11. The second-order valence-corrected chi connectivity index (χ2v) is 7.24. The van der Waals surface area contributed by atoms with Crippen molar-refractivity contribution >= 4 is 5.91 Å². The predicted molar refractivity (Wildman–Crippen MR) is 112 cm³/mol. The van der Waals surface area contributed by atoms with E-state index in [2.05, 4.69) is 15.4 Å². The van der Waals surface area contributed by atoms with Crippen LogP contribution in [-0.2, 0) is 7.05 Å². The summed E-state index contributed by atoms with van der Waals surface area (Å²) >= 11 is 0. The van der Waals surface area contributed by atoms with Gasteiger partial charge >= 0.3 is 0 Å². The minimum Gasteiger partial charge on any atom is -0.338 e. The van der Waals surface area contributed by atoms with Crippen LogP contribution in [0.25, 0.3) is 5.69 Å². The third-order valence-electron chi connectivity index (χ3n) is 4.98. The fraction of sp³-hybridized carbons (Fsp3) is 0.174. The van der Waals surface area contributed by atoms with E-state index < -0.39 is 6.04 Å². The Morgan fingerprint density at radius 2 is 1.77 bits per heavy atom. The van der Waals surface area contributed by atoms with Crippen LogP contribution in [0.1, 0.15) is 39.2 Å². The smallest absolute Gasteiger partial charge is 0.252 e. The van der Waals surface area contributed by atoms with E-state index in [-0.39, 0.29) is 11.7 Å². The van der Waals surface area contributed by atoms with E-state index in [9.17, 15) is 9.18 Å². The molecule has 0 aliphatic heterocycles. The SMILES string of the molecule is Cc1cc(C)n(-c2ccc(C(=O)NC(c3ccc(F)cc3)c3nccn3C)cc2)n1. The predicted octanol–water partition coefficient (Wildman–Crippen LogP) is 3.88. The van der Waals surface area contributed by atoms with Gasteiger partial charge in [-0.3, -0.25) is 4.79 Å². The molecule has 4 rings (SSSR count). The summed E-state index contributed by atoms with van der Waals surface area (Å²) in [6.45, 7) is 3.93. The van der Waals surface area contributed by atoms with E-state index in [1.807, 2.05) is 48.3 Å². The van der Waals surface area contributed by atoms with Gasteiger partial charge in [-0.05, 0) is 61.9 Å². The molecule has 0 radical (unpaired) electrons. The van der Waals surface area contributed by atoms with Crippen molar-refractivity contribution in [1.29, 1.82) is 0 Å². The molecule has 0 saturated carbocycles. The van der Waals surface area contributed by atoms with Crippen molar-refractivity contribution in [1.82, 2.24) is 24.6 Å². The van der Waals surface area contributed by atoms with E-state index in [4.69, 9.17) is 0 Å². The Bertz CT molecular complexity index is 1180. The summed E-state index contributed by atoms with van der Waals surface area (Å²) in [4.78, 5) is 17.3. The maximum absolute atomic E-state index is 13.4. The molecule has 30 heavy (non-hydrogen) atoms. The Balaban J connectivity index is 1.60. The molecule has 2 aromatic heterocycles. The normalized spacial score (nSPS) is 12.0. The maximum atomic E-state index is 13.4. The second-order valence-electron chi connectivity index (χ2n) is 7.24. The molecule has 7 heteroatoms. The maximum Gasteiger partial charge on any atom is 0.252 e. The van der Waals surface area contributed by atoms with Crippen LogP contribution in [0.15, 0.2) is 67.0 Å². The van der Waals surface area contributed by atoms with Crippen LogP contribution in [0.3, 0.4) is 0 Å². The van der Waals surface area contributed by atoms with Crippen LogP contribution in [0.5, 0.6) is 0 Å². The molecule has 4 aromatic rings. The summed E-state index contributed by atoms with van der Waals surface area (Å²) in [6.07, 6.45) is 3.47. The minimum absolute atomic E-state index is 0.243. The van der Waals surface area contributed by atoms with Crippen molar-refractivity contribution < 1.29 is 9.18 Å². The molecule has 2 aromatic carbocycles. The number of carbonyl (C=O) groups excluding carboxylic acids is 1. The molecule has 0 spiro atoms. The summed E-state index contributed by atoms with van der Waals surface area (Å²) in [6, 6.07) is 14.8. The standard InChI is InChI=1S/C23H22FN5O/c1-15-14-16(2)29(27-15)20-10-6-18(7-11-20)23(30)26-21(22-25-12-13-28(22)3)17-4-8-19(24)9-5-17/h4-14,21H,1-3H3,(H,26,30). The molecular formula is C23H22FN5O. The largest absolute Gasteiger partial charge is 0.338 e. The molecule has 0 aliphatic rings. The highest BCUT2D eigenvalue weighted by molar-refractivity contribution is 5.94. The van der Waals surface area contributed by atoms with Gasteiger partial charge in [0.2, 0.25) is 0 Å². The Labute approximate surface area is 174 Å². The molecule has 1 amide bonds. The van der Waals surface area contributed by atoms with E-state index in [1.165, 1.54) is 12.1 Å². The molecule has 2 heterocycles. The quantitative estimate of drug-likeness (QED) is 0.550. The Kier molecular flexibility index (Phi) is 5.18. The third-order valence-corrected chi connectivity index (χ3v) is 4.98. The molecular weight excluding hydrogens is 381 g/mol. The van der Waals surface area contributed by atoms with Crippen molar-refractivity contribution in [2.45, 2.75) is 19.9 Å². The molecule has 1 unspecified atom stereocenters. The molecule has 0 aliphatic carbocycles. The lowest BCUT2D eigenvalue weighted by molar-refractivity contribution is 0.0941. The molecule has 152 valence electrons. The lowest BCUT2D eigenvalue weighted by atomic mass is 10.0. The lowest BCUT2D eigenvalue weighted by Gasteiger charge is -2.19. The van der Waals surface area contributed by atoms with Gasteiger partial charge in [0, 0.05) is 30.7 Å². The van der Waals surface area contributed by atoms with Crippen LogP contribution >= 0.6 is 0 Å². The number of rotatable bonds is 5. The Hall–Kier alpha value is -3.74. The van der Waals surface area contributed by atoms with Gasteiger partial charge in [-0.2, -0.15) is 5.10 Å². The van der Waals surface area contributed by atoms with Gasteiger partial charge in [0.15, 0.2) is 0 Å². The van der Waals surface area contributed by atoms with Gasteiger partial charge in [-0.15, -0.1) is 0 Å². The van der Waals surface area contributed by atoms with Gasteiger partial charge in [-0.25, -0.2) is 14.1 Å². The lowest BCUT2D eigenvalue weighted by Crippen LogP contribution is -2.31. The van der Waals surface area contributed by atoms with E-state index in [0.29, 0.717) is 11.4 Å². The number of carbonyl (C=O) groups is 1. The van der Waals surface area contributed by atoms with Crippen LogP contribution in [-0.4, -0.2) is 25.2 Å². The minimum atomic E-state index is -0.506. The average Bonchev–Trinajstić information content (AvgIpc) is 3.31. The number of aromatic nitrogens is 4. The second kappa shape index (κ2) is 7.94. The van der Waals surface area contributed by atoms with Gasteiger partial charge in [0.25, 0.3) is 5.91 Å². The van der Waals surface area contributed by atoms with Crippen molar-refractivity contribution in [2.75, 3.05) is 0 Å². The average molecular weight is 403 g/mol. The number of halogens is 1. The molecule has 0 saturated heterocycles. The van der Waals surface area contributed by atoms with E-state index in [0.717, 1.165) is 22.6 Å². The zero-order valence-corrected chi connectivity index (χ0v) is 17.0. The first-order chi connectivity index (χ1) is 14.4. The Morgan fingerprint density at radius 1 is 1.07 bits per heavy atom. The number of aryl methyl sites for hydroxylation is 3. The fourth-order valence-electron chi connectivity index (χ4n) is 3.47. The molecule has 0 bridgehead atoms. The molecule has 1 N–H and O–H groups in total. The third kappa shape index (κ3) is 3.87.